The fourth-order valence-electron chi connectivity index (χ4n) is 6.97. The number of amides is 4. The summed E-state index contributed by atoms with van der Waals surface area (Å²) in [6.45, 7) is 5.48. The van der Waals surface area contributed by atoms with Gasteiger partial charge in [-0.1, -0.05) is 62.9 Å². The van der Waals surface area contributed by atoms with Gasteiger partial charge in [0.25, 0.3) is 5.69 Å². The zero-order valence-corrected chi connectivity index (χ0v) is 31.0. The van der Waals surface area contributed by atoms with Crippen LogP contribution in [0.5, 0.6) is 0 Å². The number of hydrogen-bond acceptors (Lipinski definition) is 8. The minimum atomic E-state index is -0.904. The van der Waals surface area contributed by atoms with E-state index in [0.29, 0.717) is 37.3 Å². The van der Waals surface area contributed by atoms with Crippen LogP contribution in [0.1, 0.15) is 88.8 Å². The molecule has 282 valence electrons. The molecule has 0 saturated heterocycles. The van der Waals surface area contributed by atoms with Gasteiger partial charge in [0.05, 0.1) is 16.5 Å². The summed E-state index contributed by atoms with van der Waals surface area (Å²) in [5, 5.41) is 17.3. The summed E-state index contributed by atoms with van der Waals surface area (Å²) < 4.78 is 5.71. The third-order valence-electron chi connectivity index (χ3n) is 9.88. The molecule has 0 spiro atoms. The van der Waals surface area contributed by atoms with Gasteiger partial charge in [0.2, 0.25) is 11.8 Å². The quantitative estimate of drug-likeness (QED) is 0.0860. The Balaban J connectivity index is 1.55. The lowest BCUT2D eigenvalue weighted by Crippen LogP contribution is -2.55. The van der Waals surface area contributed by atoms with Crippen molar-refractivity contribution in [2.24, 2.45) is 5.92 Å². The molecule has 1 aliphatic carbocycles. The van der Waals surface area contributed by atoms with Crippen molar-refractivity contribution in [2.75, 3.05) is 40.3 Å². The molecular weight excluding hydrogens is 664 g/mol. The van der Waals surface area contributed by atoms with Crippen LogP contribution in [0, 0.1) is 16.0 Å². The first-order chi connectivity index (χ1) is 25.0. The van der Waals surface area contributed by atoms with Crippen molar-refractivity contribution in [2.45, 2.75) is 90.3 Å². The minimum absolute atomic E-state index is 0.0167. The number of nitro benzene ring substituents is 1. The summed E-state index contributed by atoms with van der Waals surface area (Å²) in [6, 6.07) is 13.0. The van der Waals surface area contributed by atoms with Gasteiger partial charge in [-0.05, 0) is 75.9 Å². The summed E-state index contributed by atoms with van der Waals surface area (Å²) in [5.41, 5.74) is 1.74. The molecule has 4 rings (SSSR count). The number of ether oxygens (including phenoxy) is 1. The second-order valence-electron chi connectivity index (χ2n) is 13.9. The number of nitrogens with one attached hydrogen (secondary N) is 2. The highest BCUT2D eigenvalue weighted by Gasteiger charge is 2.38. The Morgan fingerprint density at radius 2 is 1.71 bits per heavy atom. The Morgan fingerprint density at radius 1 is 1.02 bits per heavy atom. The van der Waals surface area contributed by atoms with Crippen LogP contribution in [0.3, 0.4) is 0 Å². The molecule has 4 amide bonds. The first-order valence-corrected chi connectivity index (χ1v) is 18.5. The van der Waals surface area contributed by atoms with Gasteiger partial charge >= 0.3 is 12.0 Å². The molecule has 1 fully saturated rings. The van der Waals surface area contributed by atoms with Crippen molar-refractivity contribution in [3.8, 4) is 0 Å². The molecule has 2 atom stereocenters. The summed E-state index contributed by atoms with van der Waals surface area (Å²) in [7, 11) is 3.88. The van der Waals surface area contributed by atoms with E-state index >= 15 is 0 Å². The molecule has 0 radical (unpaired) electrons. The topological polar surface area (TPSA) is 154 Å². The van der Waals surface area contributed by atoms with Crippen molar-refractivity contribution >= 4 is 29.5 Å². The first-order valence-electron chi connectivity index (χ1n) is 18.5. The second kappa shape index (κ2) is 19.7. The maximum absolute atomic E-state index is 14.1. The SMILES string of the molecule is CCCCNC(=O)C(C1CCCCC1)N(CCN(C)C)C(=O)CCCN1C(=O)NC(c2ccc([N+](=O)[O-])cc2)C(C(=O)OCc2ccccc2)=C1C. The van der Waals surface area contributed by atoms with Gasteiger partial charge in [-0.15, -0.1) is 0 Å². The van der Waals surface area contributed by atoms with Crippen molar-refractivity contribution < 1.29 is 28.8 Å². The zero-order valence-electron chi connectivity index (χ0n) is 31.0. The summed E-state index contributed by atoms with van der Waals surface area (Å²) in [5.74, 6) is -0.795. The van der Waals surface area contributed by atoms with Crippen LogP contribution in [-0.4, -0.2) is 89.8 Å². The average molecular weight is 719 g/mol. The number of esters is 1. The van der Waals surface area contributed by atoms with Crippen LogP contribution in [0.2, 0.25) is 0 Å². The molecule has 2 aliphatic rings. The molecule has 52 heavy (non-hydrogen) atoms. The number of benzene rings is 2. The lowest BCUT2D eigenvalue weighted by atomic mass is 9.82. The smallest absolute Gasteiger partial charge is 0.338 e. The Hall–Kier alpha value is -4.78. The Morgan fingerprint density at radius 3 is 2.35 bits per heavy atom. The van der Waals surface area contributed by atoms with E-state index in [1.165, 1.54) is 29.2 Å². The van der Waals surface area contributed by atoms with Crippen molar-refractivity contribution in [3.05, 3.63) is 87.1 Å². The Kier molecular flexibility index (Phi) is 15.2. The summed E-state index contributed by atoms with van der Waals surface area (Å²) in [6.07, 6.45) is 7.22. The highest BCUT2D eigenvalue weighted by molar-refractivity contribution is 5.95. The molecular formula is C39H54N6O7. The number of allylic oxidation sites excluding steroid dienone is 1. The highest BCUT2D eigenvalue weighted by Crippen LogP contribution is 2.33. The van der Waals surface area contributed by atoms with E-state index in [0.717, 1.165) is 50.5 Å². The van der Waals surface area contributed by atoms with Crippen LogP contribution in [-0.2, 0) is 25.7 Å². The molecule has 0 bridgehead atoms. The van der Waals surface area contributed by atoms with Gasteiger partial charge < -0.3 is 25.2 Å². The number of carbonyl (C=O) groups excluding carboxylic acids is 4. The number of nitrogens with zero attached hydrogens (tertiary/aromatic N) is 4. The highest BCUT2D eigenvalue weighted by atomic mass is 16.6. The summed E-state index contributed by atoms with van der Waals surface area (Å²) >= 11 is 0. The van der Waals surface area contributed by atoms with Gasteiger partial charge in [0.15, 0.2) is 0 Å². The number of urea groups is 1. The lowest BCUT2D eigenvalue weighted by Gasteiger charge is -2.39. The van der Waals surface area contributed by atoms with Gasteiger partial charge in [0, 0.05) is 50.4 Å². The van der Waals surface area contributed by atoms with E-state index in [-0.39, 0.29) is 48.6 Å². The van der Waals surface area contributed by atoms with Crippen molar-refractivity contribution in [1.82, 2.24) is 25.3 Å². The molecule has 1 heterocycles. The number of hydrogen-bond donors (Lipinski definition) is 2. The van der Waals surface area contributed by atoms with E-state index < -0.39 is 29.0 Å². The van der Waals surface area contributed by atoms with Gasteiger partial charge in [-0.25, -0.2) is 9.59 Å². The molecule has 13 heteroatoms. The minimum Gasteiger partial charge on any atom is -0.457 e. The first kappa shape index (κ1) is 40.0. The van der Waals surface area contributed by atoms with Crippen LogP contribution in [0.25, 0.3) is 0 Å². The molecule has 1 saturated carbocycles. The number of non-ortho nitro benzene ring substituents is 1. The number of rotatable bonds is 18. The van der Waals surface area contributed by atoms with Crippen LogP contribution in [0.4, 0.5) is 10.5 Å². The standard InChI is InChI=1S/C39H54N6O7/c1-5-6-23-40-37(47)36(31-16-11-8-12-17-31)44(26-25-42(3)4)33(46)18-13-24-43-28(2)34(38(48)52-27-29-14-9-7-10-15-29)35(41-39(43)49)30-19-21-32(22-20-30)45(50)51/h7,9-10,14-15,19-22,31,35-36H,5-6,8,11-13,16-18,23-27H2,1-4H3,(H,40,47)(H,41,49). The zero-order chi connectivity index (χ0) is 37.6. The van der Waals surface area contributed by atoms with Crippen LogP contribution in [0.15, 0.2) is 65.9 Å². The molecule has 13 nitrogen and oxygen atoms in total. The summed E-state index contributed by atoms with van der Waals surface area (Å²) in [4.78, 5) is 71.0. The Bertz CT molecular complexity index is 1560. The number of unbranched alkanes of at least 4 members (excludes halogenated alkanes) is 1. The fraction of sp³-hybridized carbons (Fsp3) is 0.538. The second-order valence-corrected chi connectivity index (χ2v) is 13.9. The van der Waals surface area contributed by atoms with Crippen LogP contribution < -0.4 is 10.6 Å². The molecule has 2 unspecified atom stereocenters. The number of nitro groups is 1. The number of carbonyl (C=O) groups is 4. The average Bonchev–Trinajstić information content (AvgIpc) is 3.14. The monoisotopic (exact) mass is 718 g/mol. The maximum Gasteiger partial charge on any atom is 0.338 e. The van der Waals surface area contributed by atoms with Gasteiger partial charge in [-0.2, -0.15) is 0 Å². The normalized spacial score (nSPS) is 17.1. The molecule has 2 aromatic rings. The third-order valence-corrected chi connectivity index (χ3v) is 9.88. The van der Waals surface area contributed by atoms with E-state index in [2.05, 4.69) is 17.6 Å². The van der Waals surface area contributed by atoms with E-state index in [1.54, 1.807) is 11.8 Å². The Labute approximate surface area is 306 Å². The van der Waals surface area contributed by atoms with Gasteiger partial charge in [0.1, 0.15) is 12.6 Å². The molecule has 2 N–H and O–H groups in total. The number of likely N-dealkylation sites (N-methyl/N-ethyl adjacent to an activating group) is 1. The predicted molar refractivity (Wildman–Crippen MR) is 198 cm³/mol. The van der Waals surface area contributed by atoms with Crippen molar-refractivity contribution in [3.63, 3.8) is 0 Å². The molecule has 0 aromatic heterocycles. The van der Waals surface area contributed by atoms with E-state index in [9.17, 15) is 29.3 Å². The molecule has 1 aliphatic heterocycles. The maximum atomic E-state index is 14.1. The van der Waals surface area contributed by atoms with Gasteiger partial charge in [-0.3, -0.25) is 24.6 Å². The molecule has 2 aromatic carbocycles. The third kappa shape index (κ3) is 10.9. The van der Waals surface area contributed by atoms with Crippen LogP contribution >= 0.6 is 0 Å². The fourth-order valence-corrected chi connectivity index (χ4v) is 6.97. The van der Waals surface area contributed by atoms with E-state index in [1.807, 2.05) is 49.3 Å². The van der Waals surface area contributed by atoms with Crippen molar-refractivity contribution in [1.29, 1.82) is 0 Å². The largest absolute Gasteiger partial charge is 0.457 e. The van der Waals surface area contributed by atoms with E-state index in [4.69, 9.17) is 4.74 Å². The lowest BCUT2D eigenvalue weighted by molar-refractivity contribution is -0.384. The predicted octanol–water partition coefficient (Wildman–Crippen LogP) is 5.71.